The molecule has 1 amide bonds. The molecule has 0 fully saturated rings. The third-order valence-electron chi connectivity index (χ3n) is 4.48. The molecule has 0 radical (unpaired) electrons. The van der Waals surface area contributed by atoms with Crippen molar-refractivity contribution in [3.63, 3.8) is 0 Å². The number of nitrogens with one attached hydrogen (secondary N) is 2. The van der Waals surface area contributed by atoms with Gasteiger partial charge in [0.2, 0.25) is 0 Å². The molecule has 2 aromatic carbocycles. The van der Waals surface area contributed by atoms with Gasteiger partial charge in [0, 0.05) is 17.6 Å². The summed E-state index contributed by atoms with van der Waals surface area (Å²) in [6, 6.07) is 18.0. The number of para-hydroxylation sites is 1. The third kappa shape index (κ3) is 3.47. The predicted octanol–water partition coefficient (Wildman–Crippen LogP) is 4.10. The van der Waals surface area contributed by atoms with E-state index in [4.69, 9.17) is 4.74 Å². The van der Waals surface area contributed by atoms with Crippen LogP contribution in [0.4, 0.5) is 10.5 Å². The fourth-order valence-electron chi connectivity index (χ4n) is 2.95. The first-order valence-corrected chi connectivity index (χ1v) is 7.98. The number of amides is 1. The highest BCUT2D eigenvalue weighted by Gasteiger charge is 2.32. The molecule has 3 atom stereocenters. The lowest BCUT2D eigenvalue weighted by atomic mass is 9.84. The summed E-state index contributed by atoms with van der Waals surface area (Å²) >= 11 is 0. The molecule has 0 aliphatic carbocycles. The Hall–Kier alpha value is -2.49. The van der Waals surface area contributed by atoms with Crippen molar-refractivity contribution >= 4 is 11.8 Å². The Bertz CT molecular complexity index is 672. The Balaban J connectivity index is 1.67. The number of carbonyl (C=O) groups excluding carboxylic acids is 1. The van der Waals surface area contributed by atoms with Crippen LogP contribution >= 0.6 is 0 Å². The van der Waals surface area contributed by atoms with E-state index >= 15 is 0 Å². The SMILES string of the molecule is C[C@@H]1Nc2ccccc2C(NC(=O)OCc2ccccc2)[C@H]1C. The molecular formula is C19H22N2O2. The molecular weight excluding hydrogens is 288 g/mol. The number of alkyl carbamates (subject to hydrolysis) is 1. The van der Waals surface area contributed by atoms with Crippen molar-refractivity contribution < 1.29 is 9.53 Å². The van der Waals surface area contributed by atoms with Gasteiger partial charge >= 0.3 is 6.09 Å². The zero-order valence-corrected chi connectivity index (χ0v) is 13.5. The van der Waals surface area contributed by atoms with Crippen molar-refractivity contribution in [2.45, 2.75) is 32.5 Å². The van der Waals surface area contributed by atoms with E-state index in [0.717, 1.165) is 16.8 Å². The molecule has 0 saturated heterocycles. The lowest BCUT2D eigenvalue weighted by Crippen LogP contribution is -2.42. The molecule has 0 aromatic heterocycles. The summed E-state index contributed by atoms with van der Waals surface area (Å²) in [6.45, 7) is 4.55. The smallest absolute Gasteiger partial charge is 0.407 e. The van der Waals surface area contributed by atoms with Gasteiger partial charge in [-0.1, -0.05) is 55.5 Å². The molecule has 1 unspecified atom stereocenters. The Morgan fingerprint density at radius 1 is 1.09 bits per heavy atom. The van der Waals surface area contributed by atoms with Gasteiger partial charge in [-0.3, -0.25) is 0 Å². The van der Waals surface area contributed by atoms with E-state index in [2.05, 4.69) is 24.5 Å². The third-order valence-corrected chi connectivity index (χ3v) is 4.48. The van der Waals surface area contributed by atoms with Crippen LogP contribution in [0.2, 0.25) is 0 Å². The van der Waals surface area contributed by atoms with Gasteiger partial charge in [-0.05, 0) is 24.1 Å². The second-order valence-electron chi connectivity index (χ2n) is 6.06. The van der Waals surface area contributed by atoms with Crippen molar-refractivity contribution in [3.8, 4) is 0 Å². The number of hydrogen-bond acceptors (Lipinski definition) is 3. The Morgan fingerprint density at radius 3 is 2.57 bits per heavy atom. The summed E-state index contributed by atoms with van der Waals surface area (Å²) in [5.41, 5.74) is 3.16. The van der Waals surface area contributed by atoms with Crippen molar-refractivity contribution in [1.29, 1.82) is 0 Å². The molecule has 1 aliphatic rings. The van der Waals surface area contributed by atoms with Gasteiger partial charge in [0.25, 0.3) is 0 Å². The minimum atomic E-state index is -0.380. The van der Waals surface area contributed by atoms with E-state index in [-0.39, 0.29) is 30.7 Å². The van der Waals surface area contributed by atoms with E-state index in [9.17, 15) is 4.79 Å². The molecule has 4 nitrogen and oxygen atoms in total. The van der Waals surface area contributed by atoms with Crippen LogP contribution in [0, 0.1) is 5.92 Å². The van der Waals surface area contributed by atoms with Crippen LogP contribution in [0.1, 0.15) is 31.0 Å². The minimum Gasteiger partial charge on any atom is -0.445 e. The normalized spacial score (nSPS) is 22.6. The summed E-state index contributed by atoms with van der Waals surface area (Å²) in [5, 5.41) is 6.50. The predicted molar refractivity (Wildman–Crippen MR) is 91.2 cm³/mol. The van der Waals surface area contributed by atoms with Crippen molar-refractivity contribution in [2.75, 3.05) is 5.32 Å². The largest absolute Gasteiger partial charge is 0.445 e. The van der Waals surface area contributed by atoms with Crippen LogP contribution in [-0.4, -0.2) is 12.1 Å². The van der Waals surface area contributed by atoms with Crippen molar-refractivity contribution in [2.24, 2.45) is 5.92 Å². The van der Waals surface area contributed by atoms with Crippen LogP contribution in [0.25, 0.3) is 0 Å². The molecule has 4 heteroatoms. The second kappa shape index (κ2) is 6.73. The first-order chi connectivity index (χ1) is 11.1. The Labute approximate surface area is 136 Å². The highest BCUT2D eigenvalue weighted by molar-refractivity contribution is 5.69. The van der Waals surface area contributed by atoms with Gasteiger partial charge in [0.1, 0.15) is 6.61 Å². The van der Waals surface area contributed by atoms with E-state index < -0.39 is 0 Å². The Morgan fingerprint density at radius 2 is 1.78 bits per heavy atom. The van der Waals surface area contributed by atoms with Gasteiger partial charge in [-0.15, -0.1) is 0 Å². The zero-order valence-electron chi connectivity index (χ0n) is 13.5. The lowest BCUT2D eigenvalue weighted by molar-refractivity contribution is 0.131. The average Bonchev–Trinajstić information content (AvgIpc) is 2.58. The number of anilines is 1. The second-order valence-corrected chi connectivity index (χ2v) is 6.06. The number of benzene rings is 2. The van der Waals surface area contributed by atoms with Crippen LogP contribution in [0.3, 0.4) is 0 Å². The van der Waals surface area contributed by atoms with Gasteiger partial charge in [-0.25, -0.2) is 4.79 Å². The van der Waals surface area contributed by atoms with Crippen molar-refractivity contribution in [1.82, 2.24) is 5.32 Å². The zero-order chi connectivity index (χ0) is 16.2. The first kappa shape index (κ1) is 15.4. The number of carbonyl (C=O) groups is 1. The first-order valence-electron chi connectivity index (χ1n) is 7.98. The van der Waals surface area contributed by atoms with Gasteiger partial charge in [-0.2, -0.15) is 0 Å². The molecule has 1 heterocycles. The topological polar surface area (TPSA) is 50.4 Å². The quantitative estimate of drug-likeness (QED) is 0.897. The van der Waals surface area contributed by atoms with Gasteiger partial charge in [0.15, 0.2) is 0 Å². The Kier molecular flexibility index (Phi) is 4.51. The summed E-state index contributed by atoms with van der Waals surface area (Å²) in [5.74, 6) is 0.272. The van der Waals surface area contributed by atoms with Gasteiger partial charge in [0.05, 0.1) is 6.04 Å². The molecule has 2 N–H and O–H groups in total. The maximum absolute atomic E-state index is 12.2. The maximum atomic E-state index is 12.2. The summed E-state index contributed by atoms with van der Waals surface area (Å²) in [6.07, 6.45) is -0.380. The molecule has 1 aliphatic heterocycles. The van der Waals surface area contributed by atoms with E-state index in [1.807, 2.05) is 54.6 Å². The summed E-state index contributed by atoms with van der Waals surface area (Å²) in [4.78, 5) is 12.2. The monoisotopic (exact) mass is 310 g/mol. The van der Waals surface area contributed by atoms with Crippen LogP contribution < -0.4 is 10.6 Å². The van der Waals surface area contributed by atoms with Crippen LogP contribution in [0.5, 0.6) is 0 Å². The number of ether oxygens (including phenoxy) is 1. The number of fused-ring (bicyclic) bond motifs is 1. The molecule has 23 heavy (non-hydrogen) atoms. The van der Waals surface area contributed by atoms with Crippen LogP contribution in [-0.2, 0) is 11.3 Å². The highest BCUT2D eigenvalue weighted by atomic mass is 16.5. The molecule has 0 bridgehead atoms. The van der Waals surface area contributed by atoms with E-state index in [0.29, 0.717) is 0 Å². The maximum Gasteiger partial charge on any atom is 0.407 e. The van der Waals surface area contributed by atoms with Crippen LogP contribution in [0.15, 0.2) is 54.6 Å². The molecule has 120 valence electrons. The average molecular weight is 310 g/mol. The summed E-state index contributed by atoms with van der Waals surface area (Å²) in [7, 11) is 0. The number of rotatable bonds is 3. The lowest BCUT2D eigenvalue weighted by Gasteiger charge is -2.37. The molecule has 0 spiro atoms. The summed E-state index contributed by atoms with van der Waals surface area (Å²) < 4.78 is 5.36. The number of hydrogen-bond donors (Lipinski definition) is 2. The van der Waals surface area contributed by atoms with Gasteiger partial charge < -0.3 is 15.4 Å². The molecule has 2 aromatic rings. The molecule has 3 rings (SSSR count). The fraction of sp³-hybridized carbons (Fsp3) is 0.316. The standard InChI is InChI=1S/C19H22N2O2/c1-13-14(2)20-17-11-7-6-10-16(17)18(13)21-19(22)23-12-15-8-4-3-5-9-15/h3-11,13-14,18,20H,12H2,1-2H3,(H,21,22)/t13-,14-,18?/m0/s1. The minimum absolute atomic E-state index is 0.0503. The molecule has 0 saturated carbocycles. The van der Waals surface area contributed by atoms with E-state index in [1.54, 1.807) is 0 Å². The highest BCUT2D eigenvalue weighted by Crippen LogP contribution is 2.36. The van der Waals surface area contributed by atoms with Crippen molar-refractivity contribution in [3.05, 3.63) is 65.7 Å². The fourth-order valence-corrected chi connectivity index (χ4v) is 2.95. The van der Waals surface area contributed by atoms with E-state index in [1.165, 1.54) is 0 Å².